The number of carboxylic acid groups (broad SMARTS) is 1. The highest BCUT2D eigenvalue weighted by Crippen LogP contribution is 2.14. The van der Waals surface area contributed by atoms with Crippen LogP contribution in [-0.2, 0) is 16.1 Å². The smallest absolute Gasteiger partial charge is 0.323 e. The highest BCUT2D eigenvalue weighted by atomic mass is 16.5. The minimum atomic E-state index is -1.05. The van der Waals surface area contributed by atoms with E-state index in [1.54, 1.807) is 0 Å². The lowest BCUT2D eigenvalue weighted by atomic mass is 10.1. The second-order valence-corrected chi connectivity index (χ2v) is 4.05. The molecule has 17 heavy (non-hydrogen) atoms. The number of nitrogens with one attached hydrogen (secondary N) is 1. The van der Waals surface area contributed by atoms with Gasteiger partial charge in [-0.1, -0.05) is 30.3 Å². The summed E-state index contributed by atoms with van der Waals surface area (Å²) < 4.78 is 5.51. The Bertz CT molecular complexity index is 381. The van der Waals surface area contributed by atoms with Crippen molar-refractivity contribution in [3.63, 3.8) is 0 Å². The lowest BCUT2D eigenvalue weighted by molar-refractivity contribution is -0.142. The fourth-order valence-corrected chi connectivity index (χ4v) is 1.87. The quantitative estimate of drug-likeness (QED) is 0.686. The topological polar surface area (TPSA) is 78.8 Å². The van der Waals surface area contributed by atoms with E-state index in [4.69, 9.17) is 9.84 Å². The van der Waals surface area contributed by atoms with E-state index in [1.165, 1.54) is 0 Å². The average molecular weight is 237 g/mol. The first-order valence-corrected chi connectivity index (χ1v) is 5.48. The maximum Gasteiger partial charge on any atom is 0.323 e. The van der Waals surface area contributed by atoms with Crippen LogP contribution in [0.3, 0.4) is 0 Å². The van der Waals surface area contributed by atoms with Gasteiger partial charge in [0, 0.05) is 6.54 Å². The predicted molar refractivity (Wildman–Crippen MR) is 60.5 cm³/mol. The lowest BCUT2D eigenvalue weighted by Gasteiger charge is -2.16. The molecule has 0 saturated carbocycles. The Kier molecular flexibility index (Phi) is 3.73. The normalized spacial score (nSPS) is 28.2. The zero-order valence-corrected chi connectivity index (χ0v) is 9.24. The number of benzene rings is 1. The Morgan fingerprint density at radius 2 is 2.12 bits per heavy atom. The van der Waals surface area contributed by atoms with Crippen LogP contribution in [0.25, 0.3) is 0 Å². The summed E-state index contributed by atoms with van der Waals surface area (Å²) in [7, 11) is 0. The van der Waals surface area contributed by atoms with Crippen molar-refractivity contribution in [3.05, 3.63) is 35.9 Å². The van der Waals surface area contributed by atoms with Crippen LogP contribution in [0.15, 0.2) is 30.3 Å². The van der Waals surface area contributed by atoms with Gasteiger partial charge in [-0.05, 0) is 5.56 Å². The second kappa shape index (κ2) is 5.27. The van der Waals surface area contributed by atoms with Crippen LogP contribution in [0, 0.1) is 0 Å². The summed E-state index contributed by atoms with van der Waals surface area (Å²) in [6.07, 6.45) is -1.48. The number of rotatable bonds is 4. The van der Waals surface area contributed by atoms with Gasteiger partial charge in [0.15, 0.2) is 0 Å². The van der Waals surface area contributed by atoms with Crippen molar-refractivity contribution >= 4 is 5.97 Å². The van der Waals surface area contributed by atoms with Gasteiger partial charge in [-0.15, -0.1) is 0 Å². The molecule has 1 heterocycles. The standard InChI is InChI=1S/C12H15NO4/c14-11-9(6-13-10(11)12(15)16)17-7-8-4-2-1-3-5-8/h1-5,9-11,13-14H,6-7H2,(H,15,16)/t9-,10-,11+/m0/s1. The van der Waals surface area contributed by atoms with Crippen LogP contribution in [0.1, 0.15) is 5.56 Å². The van der Waals surface area contributed by atoms with E-state index < -0.39 is 24.2 Å². The van der Waals surface area contributed by atoms with E-state index >= 15 is 0 Å². The van der Waals surface area contributed by atoms with Crippen molar-refractivity contribution in [2.24, 2.45) is 0 Å². The Morgan fingerprint density at radius 1 is 1.41 bits per heavy atom. The molecule has 2 rings (SSSR count). The molecular formula is C12H15NO4. The third-order valence-corrected chi connectivity index (χ3v) is 2.83. The highest BCUT2D eigenvalue weighted by molar-refractivity contribution is 5.74. The Labute approximate surface area is 99.0 Å². The summed E-state index contributed by atoms with van der Waals surface area (Å²) >= 11 is 0. The molecule has 1 aromatic rings. The monoisotopic (exact) mass is 237 g/mol. The van der Waals surface area contributed by atoms with E-state index in [2.05, 4.69) is 5.32 Å². The lowest BCUT2D eigenvalue weighted by Crippen LogP contribution is -2.40. The molecule has 0 unspecified atom stereocenters. The summed E-state index contributed by atoms with van der Waals surface area (Å²) in [6.45, 7) is 0.724. The summed E-state index contributed by atoms with van der Waals surface area (Å²) in [6, 6.07) is 8.63. The number of ether oxygens (including phenoxy) is 1. The first-order valence-electron chi connectivity index (χ1n) is 5.48. The summed E-state index contributed by atoms with van der Waals surface area (Å²) in [4.78, 5) is 10.8. The molecular weight excluding hydrogens is 222 g/mol. The molecule has 5 nitrogen and oxygen atoms in total. The van der Waals surface area contributed by atoms with Crippen molar-refractivity contribution < 1.29 is 19.7 Å². The van der Waals surface area contributed by atoms with Crippen LogP contribution >= 0.6 is 0 Å². The molecule has 1 saturated heterocycles. The number of aliphatic hydroxyl groups is 1. The zero-order chi connectivity index (χ0) is 12.3. The first-order chi connectivity index (χ1) is 8.18. The number of carboxylic acids is 1. The van der Waals surface area contributed by atoms with Gasteiger partial charge < -0.3 is 14.9 Å². The predicted octanol–water partition coefficient (Wildman–Crippen LogP) is -0.0109. The minimum absolute atomic E-state index is 0.352. The maximum absolute atomic E-state index is 10.8. The van der Waals surface area contributed by atoms with Gasteiger partial charge in [0.2, 0.25) is 0 Å². The fraction of sp³-hybridized carbons (Fsp3) is 0.417. The third-order valence-electron chi connectivity index (χ3n) is 2.83. The maximum atomic E-state index is 10.8. The second-order valence-electron chi connectivity index (χ2n) is 4.05. The van der Waals surface area contributed by atoms with Crippen molar-refractivity contribution in [2.75, 3.05) is 6.54 Å². The molecule has 0 bridgehead atoms. The highest BCUT2D eigenvalue weighted by Gasteiger charge is 2.39. The molecule has 1 aliphatic rings. The number of carbonyl (C=O) groups is 1. The fourth-order valence-electron chi connectivity index (χ4n) is 1.87. The first kappa shape index (κ1) is 12.0. The Morgan fingerprint density at radius 3 is 2.71 bits per heavy atom. The molecule has 3 N–H and O–H groups in total. The van der Waals surface area contributed by atoms with Crippen molar-refractivity contribution in [2.45, 2.75) is 24.9 Å². The SMILES string of the molecule is O=C(O)[C@H]1NC[C@H](OCc2ccccc2)[C@H]1O. The largest absolute Gasteiger partial charge is 0.480 e. The molecule has 0 radical (unpaired) electrons. The number of aliphatic carboxylic acids is 1. The van der Waals surface area contributed by atoms with Crippen LogP contribution in [0.4, 0.5) is 0 Å². The van der Waals surface area contributed by atoms with E-state index in [9.17, 15) is 9.90 Å². The molecule has 3 atom stereocenters. The number of hydrogen-bond donors (Lipinski definition) is 3. The molecule has 5 heteroatoms. The number of hydrogen-bond acceptors (Lipinski definition) is 4. The van der Waals surface area contributed by atoms with Crippen molar-refractivity contribution in [1.82, 2.24) is 5.32 Å². The molecule has 0 amide bonds. The van der Waals surface area contributed by atoms with Gasteiger partial charge in [0.25, 0.3) is 0 Å². The van der Waals surface area contributed by atoms with Crippen LogP contribution in [0.2, 0.25) is 0 Å². The van der Waals surface area contributed by atoms with E-state index in [-0.39, 0.29) is 0 Å². The third kappa shape index (κ3) is 2.82. The van der Waals surface area contributed by atoms with E-state index in [1.807, 2.05) is 30.3 Å². The summed E-state index contributed by atoms with van der Waals surface area (Å²) in [5.74, 6) is -1.05. The summed E-state index contributed by atoms with van der Waals surface area (Å²) in [5, 5.41) is 21.3. The van der Waals surface area contributed by atoms with E-state index in [0.29, 0.717) is 13.2 Å². The zero-order valence-electron chi connectivity index (χ0n) is 9.24. The van der Waals surface area contributed by atoms with Gasteiger partial charge in [0.1, 0.15) is 12.1 Å². The molecule has 0 aliphatic carbocycles. The van der Waals surface area contributed by atoms with Gasteiger partial charge in [-0.2, -0.15) is 0 Å². The van der Waals surface area contributed by atoms with Crippen molar-refractivity contribution in [3.8, 4) is 0 Å². The van der Waals surface area contributed by atoms with Crippen molar-refractivity contribution in [1.29, 1.82) is 0 Å². The van der Waals surface area contributed by atoms with Gasteiger partial charge in [-0.3, -0.25) is 10.1 Å². The van der Waals surface area contributed by atoms with Crippen LogP contribution < -0.4 is 5.32 Å². The van der Waals surface area contributed by atoms with E-state index in [0.717, 1.165) is 5.56 Å². The van der Waals surface area contributed by atoms with Crippen LogP contribution in [-0.4, -0.2) is 41.0 Å². The van der Waals surface area contributed by atoms with Crippen LogP contribution in [0.5, 0.6) is 0 Å². The minimum Gasteiger partial charge on any atom is -0.480 e. The Hall–Kier alpha value is -1.43. The van der Waals surface area contributed by atoms with Gasteiger partial charge in [0.05, 0.1) is 12.7 Å². The summed E-state index contributed by atoms with van der Waals surface area (Å²) in [5.41, 5.74) is 0.999. The Balaban J connectivity index is 1.87. The van der Waals surface area contributed by atoms with Gasteiger partial charge in [-0.25, -0.2) is 0 Å². The molecule has 0 aromatic heterocycles. The molecule has 92 valence electrons. The molecule has 1 aromatic carbocycles. The van der Waals surface area contributed by atoms with Gasteiger partial charge >= 0.3 is 5.97 Å². The molecule has 1 fully saturated rings. The average Bonchev–Trinajstić information content (AvgIpc) is 2.69. The molecule has 1 aliphatic heterocycles. The molecule has 0 spiro atoms. The number of aliphatic hydroxyl groups excluding tert-OH is 1.